The van der Waals surface area contributed by atoms with Gasteiger partial charge in [-0.05, 0) is 6.42 Å². The SMILES string of the molecule is CN=C(NCCc1csc(C(C)C)n1)NC1CCN(c2cc(OC)cc(OC)c2)C1. The predicted molar refractivity (Wildman–Crippen MR) is 125 cm³/mol. The Bertz CT molecular complexity index is 830. The second kappa shape index (κ2) is 10.5. The number of aromatic nitrogens is 1. The largest absolute Gasteiger partial charge is 0.497 e. The van der Waals surface area contributed by atoms with E-state index in [1.165, 1.54) is 5.01 Å². The molecule has 1 saturated heterocycles. The number of hydrogen-bond acceptors (Lipinski definition) is 6. The minimum absolute atomic E-state index is 0.334. The molecule has 164 valence electrons. The first-order valence-corrected chi connectivity index (χ1v) is 11.3. The standard InChI is InChI=1S/C22H33N5O2S/c1-15(2)21-25-17(14-30-21)6-8-24-22(23-3)26-16-7-9-27(13-16)18-10-19(28-4)12-20(11-18)29-5/h10-12,14-16H,6-9,13H2,1-5H3,(H2,23,24,26). The van der Waals surface area contributed by atoms with E-state index in [4.69, 9.17) is 14.5 Å². The third-order valence-electron chi connectivity index (χ3n) is 5.19. The summed E-state index contributed by atoms with van der Waals surface area (Å²) in [6, 6.07) is 6.34. The van der Waals surface area contributed by atoms with Crippen molar-refractivity contribution in [3.8, 4) is 11.5 Å². The lowest BCUT2D eigenvalue weighted by atomic mass is 10.2. The zero-order valence-electron chi connectivity index (χ0n) is 18.6. The van der Waals surface area contributed by atoms with Crippen molar-refractivity contribution in [3.05, 3.63) is 34.3 Å². The number of guanidine groups is 1. The monoisotopic (exact) mass is 431 g/mol. The summed E-state index contributed by atoms with van der Waals surface area (Å²) < 4.78 is 10.8. The molecule has 0 aliphatic carbocycles. The number of nitrogens with one attached hydrogen (secondary N) is 2. The maximum atomic E-state index is 5.41. The van der Waals surface area contributed by atoms with E-state index in [0.29, 0.717) is 12.0 Å². The lowest BCUT2D eigenvalue weighted by Gasteiger charge is -2.21. The summed E-state index contributed by atoms with van der Waals surface area (Å²) in [4.78, 5) is 11.4. The number of methoxy groups -OCH3 is 2. The van der Waals surface area contributed by atoms with Crippen LogP contribution in [0.3, 0.4) is 0 Å². The molecule has 0 radical (unpaired) electrons. The Morgan fingerprint density at radius 2 is 2.00 bits per heavy atom. The summed E-state index contributed by atoms with van der Waals surface area (Å²) in [5, 5.41) is 10.3. The Balaban J connectivity index is 1.50. The van der Waals surface area contributed by atoms with Crippen molar-refractivity contribution in [1.29, 1.82) is 0 Å². The molecule has 3 rings (SSSR count). The van der Waals surface area contributed by atoms with Gasteiger partial charge in [0.1, 0.15) is 11.5 Å². The highest BCUT2D eigenvalue weighted by Crippen LogP contribution is 2.30. The highest BCUT2D eigenvalue weighted by molar-refractivity contribution is 7.09. The van der Waals surface area contributed by atoms with Gasteiger partial charge in [0.15, 0.2) is 5.96 Å². The molecule has 2 heterocycles. The van der Waals surface area contributed by atoms with Gasteiger partial charge in [0.05, 0.1) is 24.9 Å². The lowest BCUT2D eigenvalue weighted by Crippen LogP contribution is -2.45. The quantitative estimate of drug-likeness (QED) is 0.494. The van der Waals surface area contributed by atoms with Crippen molar-refractivity contribution in [3.63, 3.8) is 0 Å². The highest BCUT2D eigenvalue weighted by Gasteiger charge is 2.24. The molecule has 2 aromatic rings. The van der Waals surface area contributed by atoms with Crippen molar-refractivity contribution in [2.45, 2.75) is 38.6 Å². The third-order valence-corrected chi connectivity index (χ3v) is 6.39. The molecular formula is C22H33N5O2S. The van der Waals surface area contributed by atoms with E-state index in [1.807, 2.05) is 13.1 Å². The normalized spacial score (nSPS) is 16.8. The van der Waals surface area contributed by atoms with E-state index < -0.39 is 0 Å². The molecule has 0 amide bonds. The zero-order valence-corrected chi connectivity index (χ0v) is 19.4. The minimum Gasteiger partial charge on any atom is -0.497 e. The second-order valence-electron chi connectivity index (χ2n) is 7.73. The smallest absolute Gasteiger partial charge is 0.191 e. The number of nitrogens with zero attached hydrogens (tertiary/aromatic N) is 3. The maximum Gasteiger partial charge on any atom is 0.191 e. The number of thiazole rings is 1. The van der Waals surface area contributed by atoms with Gasteiger partial charge in [-0.25, -0.2) is 4.98 Å². The maximum absolute atomic E-state index is 5.41. The molecule has 1 atom stereocenters. The van der Waals surface area contributed by atoms with Crippen LogP contribution in [0.5, 0.6) is 11.5 Å². The summed E-state index contributed by atoms with van der Waals surface area (Å²) in [6.45, 7) is 7.05. The van der Waals surface area contributed by atoms with Crippen LogP contribution in [0.4, 0.5) is 5.69 Å². The third kappa shape index (κ3) is 5.78. The van der Waals surface area contributed by atoms with Crippen LogP contribution in [0.1, 0.15) is 36.9 Å². The fourth-order valence-electron chi connectivity index (χ4n) is 3.49. The molecule has 1 aliphatic rings. The molecule has 1 fully saturated rings. The summed E-state index contributed by atoms with van der Waals surface area (Å²) >= 11 is 1.74. The first kappa shape index (κ1) is 22.2. The van der Waals surface area contributed by atoms with E-state index in [9.17, 15) is 0 Å². The summed E-state index contributed by atoms with van der Waals surface area (Å²) in [5.74, 6) is 2.94. The van der Waals surface area contributed by atoms with Gasteiger partial charge in [0.2, 0.25) is 0 Å². The molecule has 1 aliphatic heterocycles. The summed E-state index contributed by atoms with van der Waals surface area (Å²) in [6.07, 6.45) is 1.94. The Kier molecular flexibility index (Phi) is 7.79. The molecule has 1 aromatic carbocycles. The zero-order chi connectivity index (χ0) is 21.5. The Morgan fingerprint density at radius 3 is 2.60 bits per heavy atom. The van der Waals surface area contributed by atoms with E-state index >= 15 is 0 Å². The second-order valence-corrected chi connectivity index (χ2v) is 8.62. The average Bonchev–Trinajstić information content (AvgIpc) is 3.42. The van der Waals surface area contributed by atoms with E-state index in [0.717, 1.165) is 61.3 Å². The van der Waals surface area contributed by atoms with Gasteiger partial charge in [0, 0.05) is 74.3 Å². The Labute approximate surface area is 183 Å². The number of aliphatic imine (C=N–C) groups is 1. The van der Waals surface area contributed by atoms with Gasteiger partial charge in [0.25, 0.3) is 0 Å². The highest BCUT2D eigenvalue weighted by atomic mass is 32.1. The number of benzene rings is 1. The van der Waals surface area contributed by atoms with Crippen LogP contribution >= 0.6 is 11.3 Å². The molecule has 8 heteroatoms. The average molecular weight is 432 g/mol. The van der Waals surface area contributed by atoms with Gasteiger partial charge in [-0.15, -0.1) is 11.3 Å². The first-order valence-electron chi connectivity index (χ1n) is 10.4. The fraction of sp³-hybridized carbons (Fsp3) is 0.545. The van der Waals surface area contributed by atoms with Crippen molar-refractivity contribution in [2.24, 2.45) is 4.99 Å². The fourth-order valence-corrected chi connectivity index (χ4v) is 4.36. The van der Waals surface area contributed by atoms with Crippen LogP contribution in [0, 0.1) is 0 Å². The van der Waals surface area contributed by atoms with Crippen molar-refractivity contribution >= 4 is 23.0 Å². The molecule has 1 unspecified atom stereocenters. The Hall–Kier alpha value is -2.48. The van der Waals surface area contributed by atoms with Crippen molar-refractivity contribution in [1.82, 2.24) is 15.6 Å². The number of hydrogen-bond donors (Lipinski definition) is 2. The Morgan fingerprint density at radius 1 is 1.27 bits per heavy atom. The summed E-state index contributed by atoms with van der Waals surface area (Å²) in [5.41, 5.74) is 2.26. The van der Waals surface area contributed by atoms with Gasteiger partial charge in [-0.2, -0.15) is 0 Å². The van der Waals surface area contributed by atoms with Gasteiger partial charge in [-0.1, -0.05) is 13.8 Å². The van der Waals surface area contributed by atoms with Crippen molar-refractivity contribution in [2.75, 3.05) is 45.8 Å². The van der Waals surface area contributed by atoms with Crippen LogP contribution in [-0.2, 0) is 6.42 Å². The number of rotatable bonds is 8. The van der Waals surface area contributed by atoms with Crippen LogP contribution in [0.2, 0.25) is 0 Å². The van der Waals surface area contributed by atoms with E-state index in [1.54, 1.807) is 25.6 Å². The molecule has 30 heavy (non-hydrogen) atoms. The lowest BCUT2D eigenvalue weighted by molar-refractivity contribution is 0.394. The minimum atomic E-state index is 0.334. The molecule has 0 spiro atoms. The number of anilines is 1. The molecule has 1 aromatic heterocycles. The molecule has 0 saturated carbocycles. The molecule has 7 nitrogen and oxygen atoms in total. The molecular weight excluding hydrogens is 398 g/mol. The van der Waals surface area contributed by atoms with Crippen LogP contribution in [0.15, 0.2) is 28.6 Å². The van der Waals surface area contributed by atoms with E-state index in [-0.39, 0.29) is 0 Å². The van der Waals surface area contributed by atoms with E-state index in [2.05, 4.69) is 51.9 Å². The van der Waals surface area contributed by atoms with Crippen LogP contribution in [0.25, 0.3) is 0 Å². The molecule has 2 N–H and O–H groups in total. The van der Waals surface area contributed by atoms with Gasteiger partial charge >= 0.3 is 0 Å². The topological polar surface area (TPSA) is 71.0 Å². The number of ether oxygens (including phenoxy) is 2. The predicted octanol–water partition coefficient (Wildman–Crippen LogP) is 3.27. The van der Waals surface area contributed by atoms with Crippen LogP contribution in [-0.4, -0.2) is 57.9 Å². The first-order chi connectivity index (χ1) is 14.5. The van der Waals surface area contributed by atoms with Gasteiger partial charge < -0.3 is 25.0 Å². The van der Waals surface area contributed by atoms with Crippen LogP contribution < -0.4 is 25.0 Å². The molecule has 0 bridgehead atoms. The summed E-state index contributed by atoms with van der Waals surface area (Å²) in [7, 11) is 5.17. The van der Waals surface area contributed by atoms with Crippen molar-refractivity contribution < 1.29 is 9.47 Å². The van der Waals surface area contributed by atoms with Gasteiger partial charge in [-0.3, -0.25) is 4.99 Å².